The molecule has 0 aromatic heterocycles. The van der Waals surface area contributed by atoms with E-state index in [4.69, 9.17) is 23.7 Å². The molecule has 15 nitrogen and oxygen atoms in total. The van der Waals surface area contributed by atoms with Gasteiger partial charge in [-0.1, -0.05) is 6.07 Å². The van der Waals surface area contributed by atoms with Crippen LogP contribution in [0.25, 0.3) is 0 Å². The fourth-order valence-electron chi connectivity index (χ4n) is 5.12. The van der Waals surface area contributed by atoms with Crippen LogP contribution in [0.3, 0.4) is 0 Å². The number of carbonyl (C=O) groups excluding carboxylic acids is 1. The van der Waals surface area contributed by atoms with Gasteiger partial charge in [-0.3, -0.25) is 4.79 Å². The molecule has 0 aliphatic carbocycles. The molecule has 11 atom stereocenters. The van der Waals surface area contributed by atoms with E-state index in [-0.39, 0.29) is 29.2 Å². The molecule has 0 bridgehead atoms. The molecule has 0 radical (unpaired) electrons. The third-order valence-corrected chi connectivity index (χ3v) is 7.52. The van der Waals surface area contributed by atoms with Crippen molar-refractivity contribution in [2.45, 2.75) is 80.9 Å². The number of aromatic hydroxyl groups is 3. The highest BCUT2D eigenvalue weighted by atomic mass is 16.8. The minimum atomic E-state index is -1.77. The second-order valence-electron chi connectivity index (χ2n) is 10.4. The van der Waals surface area contributed by atoms with Gasteiger partial charge in [-0.15, -0.1) is 0 Å². The van der Waals surface area contributed by atoms with E-state index in [2.05, 4.69) is 0 Å². The van der Waals surface area contributed by atoms with Gasteiger partial charge in [0.2, 0.25) is 6.29 Å². The summed E-state index contributed by atoms with van der Waals surface area (Å²) in [5, 5.41) is 91.6. The number of carbonyl (C=O) groups is 1. The molecule has 0 saturated carbocycles. The molecular formula is C27H32O15. The number of phenols is 3. The molecule has 9 N–H and O–H groups in total. The maximum Gasteiger partial charge on any atom is 0.229 e. The summed E-state index contributed by atoms with van der Waals surface area (Å²) in [5.74, 6) is -2.02. The lowest BCUT2D eigenvalue weighted by molar-refractivity contribution is -0.354. The number of rotatable bonds is 6. The van der Waals surface area contributed by atoms with E-state index < -0.39 is 91.4 Å². The molecule has 2 aromatic carbocycles. The van der Waals surface area contributed by atoms with Gasteiger partial charge in [0.25, 0.3) is 0 Å². The predicted molar refractivity (Wildman–Crippen MR) is 136 cm³/mol. The number of aliphatic hydroxyl groups is 6. The quantitative estimate of drug-likeness (QED) is 0.173. The number of hydrogen-bond donors (Lipinski definition) is 9. The van der Waals surface area contributed by atoms with Crippen LogP contribution < -0.4 is 9.47 Å². The van der Waals surface area contributed by atoms with E-state index in [0.29, 0.717) is 5.56 Å². The van der Waals surface area contributed by atoms with Crippen molar-refractivity contribution in [1.82, 2.24) is 0 Å². The number of benzene rings is 2. The molecule has 0 amide bonds. The third-order valence-electron chi connectivity index (χ3n) is 7.52. The van der Waals surface area contributed by atoms with Crippen LogP contribution in [0.1, 0.15) is 35.4 Å². The van der Waals surface area contributed by atoms with Gasteiger partial charge in [0.1, 0.15) is 65.5 Å². The molecule has 2 saturated heterocycles. The maximum atomic E-state index is 12.9. The Hall–Kier alpha value is -3.25. The van der Waals surface area contributed by atoms with Crippen LogP contribution in [0.5, 0.6) is 28.7 Å². The average molecular weight is 597 g/mol. The molecule has 3 heterocycles. The zero-order valence-corrected chi connectivity index (χ0v) is 22.1. The average Bonchev–Trinajstić information content (AvgIpc) is 2.95. The van der Waals surface area contributed by atoms with Crippen molar-refractivity contribution in [3.8, 4) is 28.7 Å². The Morgan fingerprint density at radius 3 is 2.26 bits per heavy atom. The topological polar surface area (TPSA) is 245 Å². The lowest BCUT2D eigenvalue weighted by Gasteiger charge is -2.45. The Labute approximate surface area is 238 Å². The lowest BCUT2D eigenvalue weighted by Crippen LogP contribution is -2.64. The first kappa shape index (κ1) is 30.2. The molecule has 0 spiro atoms. The Morgan fingerprint density at radius 1 is 0.833 bits per heavy atom. The normalized spacial score (nSPS) is 36.6. The number of hydrogen-bond acceptors (Lipinski definition) is 15. The zero-order valence-electron chi connectivity index (χ0n) is 22.1. The van der Waals surface area contributed by atoms with Crippen LogP contribution in [-0.2, 0) is 14.2 Å². The summed E-state index contributed by atoms with van der Waals surface area (Å²) in [7, 11) is 0. The summed E-state index contributed by atoms with van der Waals surface area (Å²) >= 11 is 0. The molecule has 3 aliphatic rings. The predicted octanol–water partition coefficient (Wildman–Crippen LogP) is -1.46. The van der Waals surface area contributed by atoms with Crippen molar-refractivity contribution in [2.24, 2.45) is 0 Å². The van der Waals surface area contributed by atoms with Gasteiger partial charge >= 0.3 is 0 Å². The SMILES string of the molecule is C[C@@H]1O[C@@H](O[C@H]2[C@H](Oc3cc(O)c4c(c3)O[C@H](c3ccc(O)c(O)c3)CC4=O)O[C@H](CO)[C@@H](O)[C@@H]2O)[C@H](O)C(O)[C@H]1O. The highest BCUT2D eigenvalue weighted by molar-refractivity contribution is 6.02. The zero-order chi connectivity index (χ0) is 30.5. The lowest BCUT2D eigenvalue weighted by atomic mass is 9.95. The van der Waals surface area contributed by atoms with Crippen molar-refractivity contribution in [1.29, 1.82) is 0 Å². The minimum absolute atomic E-state index is 0.0941. The molecule has 2 fully saturated rings. The number of ether oxygens (including phenoxy) is 5. The van der Waals surface area contributed by atoms with Gasteiger partial charge in [0.05, 0.1) is 19.1 Å². The molecule has 42 heavy (non-hydrogen) atoms. The molecule has 5 rings (SSSR count). The largest absolute Gasteiger partial charge is 0.507 e. The van der Waals surface area contributed by atoms with Crippen LogP contribution in [0, 0.1) is 0 Å². The van der Waals surface area contributed by atoms with E-state index in [1.165, 1.54) is 31.2 Å². The Balaban J connectivity index is 1.42. The standard InChI is InChI=1S/C27H32O15/c1-9-20(33)22(35)24(37)26(38-9)42-25-23(36)21(34)18(8-28)41-27(25)39-11-5-14(31)19-15(32)7-16(40-17(19)6-11)10-2-3-12(29)13(30)4-10/h2-6,9,16,18,20-31,33-37H,7-8H2,1H3/t9-,16-,18+,20-,21+,22?,23-,24+,25+,26-,27+/m0/s1. The molecule has 1 unspecified atom stereocenters. The molecule has 230 valence electrons. The maximum absolute atomic E-state index is 12.9. The van der Waals surface area contributed by atoms with E-state index in [0.717, 1.165) is 6.07 Å². The first-order valence-electron chi connectivity index (χ1n) is 13.1. The van der Waals surface area contributed by atoms with Gasteiger partial charge in [-0.25, -0.2) is 0 Å². The summed E-state index contributed by atoms with van der Waals surface area (Å²) < 4.78 is 28.4. The molecule has 15 heteroatoms. The van der Waals surface area contributed by atoms with Gasteiger partial charge < -0.3 is 69.6 Å². The van der Waals surface area contributed by atoms with Crippen LogP contribution in [0.4, 0.5) is 0 Å². The Bertz CT molecular complexity index is 1300. The van der Waals surface area contributed by atoms with Crippen molar-refractivity contribution in [3.05, 3.63) is 41.5 Å². The highest BCUT2D eigenvalue weighted by Crippen LogP contribution is 2.43. The summed E-state index contributed by atoms with van der Waals surface area (Å²) in [6.45, 7) is 0.683. The van der Waals surface area contributed by atoms with E-state index in [9.17, 15) is 50.8 Å². The van der Waals surface area contributed by atoms with Gasteiger partial charge in [0.15, 0.2) is 29.7 Å². The van der Waals surface area contributed by atoms with E-state index in [1.54, 1.807) is 0 Å². The Kier molecular flexibility index (Phi) is 8.48. The second-order valence-corrected chi connectivity index (χ2v) is 10.4. The first-order valence-corrected chi connectivity index (χ1v) is 13.1. The highest BCUT2D eigenvalue weighted by Gasteiger charge is 2.51. The smallest absolute Gasteiger partial charge is 0.229 e. The number of phenolic OH excluding ortho intramolecular Hbond substituents is 3. The van der Waals surface area contributed by atoms with E-state index in [1.807, 2.05) is 0 Å². The Morgan fingerprint density at radius 2 is 1.57 bits per heavy atom. The van der Waals surface area contributed by atoms with Crippen LogP contribution in [0.15, 0.2) is 30.3 Å². The fourth-order valence-corrected chi connectivity index (χ4v) is 5.12. The van der Waals surface area contributed by atoms with Crippen molar-refractivity contribution in [3.63, 3.8) is 0 Å². The molecule has 2 aromatic rings. The number of Topliss-reactive ketones (excluding diaryl/α,β-unsaturated/α-hetero) is 1. The van der Waals surface area contributed by atoms with Crippen molar-refractivity contribution in [2.75, 3.05) is 6.61 Å². The minimum Gasteiger partial charge on any atom is -0.507 e. The van der Waals surface area contributed by atoms with Crippen molar-refractivity contribution < 1.29 is 74.4 Å². The summed E-state index contributed by atoms with van der Waals surface area (Å²) in [5.41, 5.74) is 0.234. The molecular weight excluding hydrogens is 564 g/mol. The molecule has 3 aliphatic heterocycles. The summed E-state index contributed by atoms with van der Waals surface area (Å²) in [4.78, 5) is 12.9. The van der Waals surface area contributed by atoms with Gasteiger partial charge in [0, 0.05) is 12.1 Å². The monoisotopic (exact) mass is 596 g/mol. The second kappa shape index (κ2) is 11.8. The van der Waals surface area contributed by atoms with Gasteiger partial charge in [-0.05, 0) is 24.6 Å². The van der Waals surface area contributed by atoms with Gasteiger partial charge in [-0.2, -0.15) is 0 Å². The fraction of sp³-hybridized carbons (Fsp3) is 0.519. The number of fused-ring (bicyclic) bond motifs is 1. The van der Waals surface area contributed by atoms with Crippen LogP contribution in [-0.4, -0.2) is 120 Å². The number of aliphatic hydroxyl groups excluding tert-OH is 6. The first-order chi connectivity index (χ1) is 19.9. The summed E-state index contributed by atoms with van der Waals surface area (Å²) in [6.07, 6.45) is -16.5. The van der Waals surface area contributed by atoms with Crippen molar-refractivity contribution >= 4 is 5.78 Å². The van der Waals surface area contributed by atoms with E-state index >= 15 is 0 Å². The van der Waals surface area contributed by atoms with Crippen LogP contribution >= 0.6 is 0 Å². The number of ketones is 1. The van der Waals surface area contributed by atoms with Crippen LogP contribution in [0.2, 0.25) is 0 Å². The summed E-state index contributed by atoms with van der Waals surface area (Å²) in [6, 6.07) is 6.25. The third kappa shape index (κ3) is 5.58.